The molecule has 0 spiro atoms. The Morgan fingerprint density at radius 3 is 1.20 bits per heavy atom. The van der Waals surface area contributed by atoms with Crippen molar-refractivity contribution in [3.63, 3.8) is 0 Å². The van der Waals surface area contributed by atoms with Crippen LogP contribution >= 0.6 is 162 Å². The number of rotatable bonds is 7. The van der Waals surface area contributed by atoms with Crippen molar-refractivity contribution >= 4 is 162 Å². The summed E-state index contributed by atoms with van der Waals surface area (Å²) in [6.07, 6.45) is 1.77. The lowest BCUT2D eigenvalue weighted by molar-refractivity contribution is 0.657. The number of benzene rings is 1. The summed E-state index contributed by atoms with van der Waals surface area (Å²) in [5.41, 5.74) is 0.716. The number of hydrogen-bond acceptors (Lipinski definition) is 0. The van der Waals surface area contributed by atoms with Crippen LogP contribution in [0.3, 0.4) is 0 Å². The van der Waals surface area contributed by atoms with Crippen LogP contribution in [0.15, 0.2) is 18.2 Å². The molecule has 174 valence electrons. The summed E-state index contributed by atoms with van der Waals surface area (Å²) in [7, 11) is 0. The molecule has 0 aliphatic rings. The highest BCUT2D eigenvalue weighted by Crippen LogP contribution is 2.64. The molecular formula is C16H12Cl14. The Balaban J connectivity index is 3.88. The normalized spacial score (nSPS) is 14.9. The van der Waals surface area contributed by atoms with Gasteiger partial charge in [-0.25, -0.2) is 0 Å². The van der Waals surface area contributed by atoms with E-state index in [1.165, 1.54) is 18.2 Å². The van der Waals surface area contributed by atoms with Crippen molar-refractivity contribution in [1.82, 2.24) is 0 Å². The maximum atomic E-state index is 6.57. The lowest BCUT2D eigenvalue weighted by Crippen LogP contribution is -2.47. The molecule has 0 N–H and O–H groups in total. The molecule has 0 aliphatic carbocycles. The summed E-state index contributed by atoms with van der Waals surface area (Å²) in [5, 5.41) is 0. The minimum Gasteiger partial charge on any atom is -0.0930 e. The van der Waals surface area contributed by atoms with Crippen LogP contribution in [0.2, 0.25) is 0 Å². The molecule has 0 radical (unpaired) electrons. The minimum absolute atomic E-state index is 0.159. The largest absolute Gasteiger partial charge is 0.226 e. The van der Waals surface area contributed by atoms with Crippen molar-refractivity contribution in [1.29, 1.82) is 0 Å². The number of alkyl halides is 14. The number of halogens is 14. The molecule has 1 rings (SSSR count). The van der Waals surface area contributed by atoms with Gasteiger partial charge in [0.1, 0.15) is 0 Å². The molecule has 30 heavy (non-hydrogen) atoms. The fourth-order valence-electron chi connectivity index (χ4n) is 2.49. The molecule has 0 aliphatic heterocycles. The first kappa shape index (κ1) is 31.3. The van der Waals surface area contributed by atoms with Crippen molar-refractivity contribution < 1.29 is 0 Å². The summed E-state index contributed by atoms with van der Waals surface area (Å²) in [4.78, 5) is 0. The van der Waals surface area contributed by atoms with Gasteiger partial charge in [0, 0.05) is 0 Å². The molecular weight excluding hydrogens is 689 g/mol. The second kappa shape index (κ2) is 10.7. The average molecular weight is 701 g/mol. The highest BCUT2D eigenvalue weighted by Gasteiger charge is 2.63. The monoisotopic (exact) mass is 694 g/mol. The van der Waals surface area contributed by atoms with Gasteiger partial charge in [-0.1, -0.05) is 194 Å². The molecule has 0 fully saturated rings. The Morgan fingerprint density at radius 2 is 0.933 bits per heavy atom. The molecule has 1 aromatic rings. The zero-order chi connectivity index (χ0) is 24.0. The van der Waals surface area contributed by atoms with Crippen molar-refractivity contribution in [3.05, 3.63) is 34.9 Å². The van der Waals surface area contributed by atoms with Crippen LogP contribution in [0.5, 0.6) is 0 Å². The molecule has 0 atom stereocenters. The maximum absolute atomic E-state index is 6.57. The van der Waals surface area contributed by atoms with Gasteiger partial charge < -0.3 is 0 Å². The lowest BCUT2D eigenvalue weighted by Gasteiger charge is -2.42. The fraction of sp³-hybridized carbons (Fsp3) is 0.625. The Labute approximate surface area is 245 Å². The van der Waals surface area contributed by atoms with Gasteiger partial charge in [0.2, 0.25) is 16.3 Å². The number of hydrogen-bond donors (Lipinski definition) is 0. The molecule has 14 heteroatoms. The molecule has 1 aromatic carbocycles. The SMILES string of the molecule is CCCCc1c(C(Cl)(Cl)C(Cl)(Cl)C(Cl)(Cl)Cl)cccc1C(Cl)(Cl)C(Cl)(Cl)C(Cl)(Cl)Cl. The second-order valence-electron chi connectivity index (χ2n) is 6.23. The predicted molar refractivity (Wildman–Crippen MR) is 141 cm³/mol. The van der Waals surface area contributed by atoms with Crippen molar-refractivity contribution in [2.75, 3.05) is 0 Å². The van der Waals surface area contributed by atoms with Gasteiger partial charge in [0.15, 0.2) is 8.67 Å². The van der Waals surface area contributed by atoms with Crippen molar-refractivity contribution in [3.8, 4) is 0 Å². The zero-order valence-electron chi connectivity index (χ0n) is 14.6. The topological polar surface area (TPSA) is 0 Å². The first-order chi connectivity index (χ1) is 13.2. The molecule has 0 saturated carbocycles. The number of unbranched alkanes of at least 4 members (excludes halogenated alkanes) is 1. The molecule has 0 heterocycles. The Bertz CT molecular complexity index is 685. The summed E-state index contributed by atoms with van der Waals surface area (Å²) >= 11 is 87.0. The Hall–Kier alpha value is 3.28. The molecule has 0 aromatic heterocycles. The molecule has 0 unspecified atom stereocenters. The summed E-state index contributed by atoms with van der Waals surface area (Å²) in [5.74, 6) is 0. The Morgan fingerprint density at radius 1 is 0.600 bits per heavy atom. The van der Waals surface area contributed by atoms with E-state index in [9.17, 15) is 0 Å². The van der Waals surface area contributed by atoms with Gasteiger partial charge in [-0.05, 0) is 29.5 Å². The zero-order valence-corrected chi connectivity index (χ0v) is 25.2. The van der Waals surface area contributed by atoms with E-state index in [-0.39, 0.29) is 11.1 Å². The van der Waals surface area contributed by atoms with Gasteiger partial charge in [-0.15, -0.1) is 0 Å². The van der Waals surface area contributed by atoms with Gasteiger partial charge in [0.05, 0.1) is 0 Å². The van der Waals surface area contributed by atoms with Gasteiger partial charge in [-0.2, -0.15) is 0 Å². The van der Waals surface area contributed by atoms with Crippen LogP contribution in [0.4, 0.5) is 0 Å². The van der Waals surface area contributed by atoms with E-state index < -0.39 is 24.9 Å². The highest BCUT2D eigenvalue weighted by molar-refractivity contribution is 6.79. The van der Waals surface area contributed by atoms with Gasteiger partial charge in [-0.3, -0.25) is 0 Å². The predicted octanol–water partition coefficient (Wildman–Crippen LogP) is 11.4. The van der Waals surface area contributed by atoms with Gasteiger partial charge in [0.25, 0.3) is 0 Å². The molecule has 0 nitrogen and oxygen atoms in total. The van der Waals surface area contributed by atoms with E-state index in [2.05, 4.69) is 0 Å². The summed E-state index contributed by atoms with van der Waals surface area (Å²) in [6, 6.07) is 4.55. The van der Waals surface area contributed by atoms with Crippen molar-refractivity contribution in [2.45, 2.75) is 51.1 Å². The molecule has 0 saturated heterocycles. The molecule has 0 bridgehead atoms. The third kappa shape index (κ3) is 5.98. The standard InChI is InChI=1S/C16H12Cl14/c1-2-3-5-8-9(11(17,18)13(21,22)15(25,26)27)6-4-7-10(8)12(19,20)14(23,24)16(28,29)30/h4,6-7H,2-3,5H2,1H3. The van der Waals surface area contributed by atoms with E-state index in [0.717, 1.165) is 6.42 Å². The summed E-state index contributed by atoms with van der Waals surface area (Å²) in [6.45, 7) is 1.95. The maximum Gasteiger partial charge on any atom is 0.226 e. The van der Waals surface area contributed by atoms with Crippen molar-refractivity contribution in [2.24, 2.45) is 0 Å². The van der Waals surface area contributed by atoms with Crippen LogP contribution in [-0.4, -0.2) is 16.3 Å². The van der Waals surface area contributed by atoms with E-state index >= 15 is 0 Å². The Kier molecular flexibility index (Phi) is 11.2. The van der Waals surface area contributed by atoms with Crippen LogP contribution in [0.25, 0.3) is 0 Å². The first-order valence-corrected chi connectivity index (χ1v) is 13.2. The van der Waals surface area contributed by atoms with Gasteiger partial charge >= 0.3 is 0 Å². The van der Waals surface area contributed by atoms with E-state index in [1.54, 1.807) is 0 Å². The summed E-state index contributed by atoms with van der Waals surface area (Å²) < 4.78 is -13.5. The average Bonchev–Trinajstić information content (AvgIpc) is 2.57. The van der Waals surface area contributed by atoms with E-state index in [1.807, 2.05) is 6.92 Å². The fourth-order valence-corrected chi connectivity index (χ4v) is 5.61. The highest BCUT2D eigenvalue weighted by atomic mass is 35.6. The molecule has 0 amide bonds. The lowest BCUT2D eigenvalue weighted by atomic mass is 9.90. The van der Waals surface area contributed by atoms with Crippen LogP contribution in [-0.2, 0) is 15.1 Å². The van der Waals surface area contributed by atoms with Crippen LogP contribution in [0, 0.1) is 0 Å². The third-order valence-electron chi connectivity index (χ3n) is 4.13. The minimum atomic E-state index is -2.30. The van der Waals surface area contributed by atoms with E-state index in [0.29, 0.717) is 18.4 Å². The van der Waals surface area contributed by atoms with E-state index in [4.69, 9.17) is 162 Å². The smallest absolute Gasteiger partial charge is 0.0930 e. The quantitative estimate of drug-likeness (QED) is 0.249. The van der Waals surface area contributed by atoms with Crippen LogP contribution in [0.1, 0.15) is 36.5 Å². The third-order valence-corrected chi connectivity index (χ3v) is 12.0. The second-order valence-corrected chi connectivity index (χ2v) is 16.1. The van der Waals surface area contributed by atoms with Crippen LogP contribution < -0.4 is 0 Å². The first-order valence-electron chi connectivity index (χ1n) is 7.95.